The molecular formula is C17H17FN4OS. The van der Waals surface area contributed by atoms with E-state index in [9.17, 15) is 4.39 Å². The molecule has 0 amide bonds. The smallest absolute Gasteiger partial charge is 0.154 e. The molecule has 0 bridgehead atoms. The van der Waals surface area contributed by atoms with Crippen LogP contribution < -0.4 is 5.73 Å². The summed E-state index contributed by atoms with van der Waals surface area (Å²) >= 11 is 1.50. The van der Waals surface area contributed by atoms with Crippen molar-refractivity contribution in [2.45, 2.75) is 18.6 Å². The summed E-state index contributed by atoms with van der Waals surface area (Å²) in [6.45, 7) is 2.35. The Kier molecular flexibility index (Phi) is 3.77. The van der Waals surface area contributed by atoms with Crippen LogP contribution in [0.3, 0.4) is 0 Å². The van der Waals surface area contributed by atoms with Crippen LogP contribution in [0, 0.1) is 11.7 Å². The molecule has 2 N–H and O–H groups in total. The van der Waals surface area contributed by atoms with Gasteiger partial charge in [-0.15, -0.1) is 0 Å². The van der Waals surface area contributed by atoms with E-state index in [4.69, 9.17) is 10.5 Å². The van der Waals surface area contributed by atoms with Gasteiger partial charge in [0.25, 0.3) is 0 Å². The Labute approximate surface area is 143 Å². The molecule has 0 spiro atoms. The van der Waals surface area contributed by atoms with Gasteiger partial charge in [-0.05, 0) is 24.6 Å². The van der Waals surface area contributed by atoms with Crippen molar-refractivity contribution in [2.75, 3.05) is 12.4 Å². The molecule has 2 aliphatic rings. The normalized spacial score (nSPS) is 29.2. The molecule has 1 aromatic heterocycles. The lowest BCUT2D eigenvalue weighted by Crippen LogP contribution is -2.41. The first-order chi connectivity index (χ1) is 11.6. The van der Waals surface area contributed by atoms with Gasteiger partial charge in [-0.3, -0.25) is 0 Å². The molecule has 2 aliphatic heterocycles. The van der Waals surface area contributed by atoms with Crippen LogP contribution in [-0.4, -0.2) is 33.6 Å². The molecule has 124 valence electrons. The fourth-order valence-corrected chi connectivity index (χ4v) is 4.61. The summed E-state index contributed by atoms with van der Waals surface area (Å²) in [5.41, 5.74) is 7.43. The van der Waals surface area contributed by atoms with Crippen molar-refractivity contribution in [1.29, 1.82) is 0 Å². The summed E-state index contributed by atoms with van der Waals surface area (Å²) < 4.78 is 20.6. The predicted octanol–water partition coefficient (Wildman–Crippen LogP) is 2.57. The summed E-state index contributed by atoms with van der Waals surface area (Å²) in [5.74, 6) is 0.572. The molecule has 3 atom stereocenters. The molecule has 0 radical (unpaired) electrons. The molecule has 24 heavy (non-hydrogen) atoms. The lowest BCUT2D eigenvalue weighted by Gasteiger charge is -2.35. The largest absolute Gasteiger partial charge is 0.379 e. The van der Waals surface area contributed by atoms with E-state index in [0.717, 1.165) is 16.9 Å². The van der Waals surface area contributed by atoms with Gasteiger partial charge in [0, 0.05) is 35.2 Å². The second-order valence-electron chi connectivity index (χ2n) is 6.13. The van der Waals surface area contributed by atoms with Crippen LogP contribution in [0.25, 0.3) is 11.1 Å². The number of benzene rings is 1. The van der Waals surface area contributed by atoms with Gasteiger partial charge in [0.15, 0.2) is 5.17 Å². The average molecular weight is 344 g/mol. The number of amidine groups is 1. The van der Waals surface area contributed by atoms with Crippen LogP contribution >= 0.6 is 11.8 Å². The number of thioether (sulfide) groups is 1. The molecular weight excluding hydrogens is 327 g/mol. The third kappa shape index (κ3) is 2.39. The Morgan fingerprint density at radius 1 is 1.29 bits per heavy atom. The SMILES string of the molecule is C[C@H]1OC[C@]2(c3cc(-c4cncnc4)ccc3F)N=C(N)SC[C@H]12. The first-order valence-corrected chi connectivity index (χ1v) is 8.74. The van der Waals surface area contributed by atoms with Crippen molar-refractivity contribution in [1.82, 2.24) is 9.97 Å². The lowest BCUT2D eigenvalue weighted by molar-refractivity contribution is 0.107. The molecule has 3 heterocycles. The van der Waals surface area contributed by atoms with Gasteiger partial charge in [-0.1, -0.05) is 17.8 Å². The number of halogens is 1. The summed E-state index contributed by atoms with van der Waals surface area (Å²) in [7, 11) is 0. The van der Waals surface area contributed by atoms with Crippen molar-refractivity contribution < 1.29 is 9.13 Å². The van der Waals surface area contributed by atoms with Gasteiger partial charge in [0.05, 0.1) is 12.7 Å². The number of aliphatic imine (C=N–C) groups is 1. The second kappa shape index (κ2) is 5.82. The zero-order valence-electron chi connectivity index (χ0n) is 13.1. The number of fused-ring (bicyclic) bond motifs is 1. The van der Waals surface area contributed by atoms with Gasteiger partial charge in [0.1, 0.15) is 17.7 Å². The topological polar surface area (TPSA) is 73.4 Å². The Hall–Kier alpha value is -1.99. The second-order valence-corrected chi connectivity index (χ2v) is 7.17. The number of rotatable bonds is 2. The van der Waals surface area contributed by atoms with Gasteiger partial charge < -0.3 is 10.5 Å². The summed E-state index contributed by atoms with van der Waals surface area (Å²) in [6.07, 6.45) is 4.90. The minimum atomic E-state index is -0.759. The fraction of sp³-hybridized carbons (Fsp3) is 0.353. The number of hydrogen-bond acceptors (Lipinski definition) is 6. The monoisotopic (exact) mass is 344 g/mol. The third-order valence-electron chi connectivity index (χ3n) is 4.79. The first kappa shape index (κ1) is 15.5. The standard InChI is InChI=1S/C17H17FN4OS/c1-10-14-7-24-16(19)22-17(14,8-23-10)13-4-11(2-3-15(13)18)12-5-20-9-21-6-12/h2-6,9-10,14H,7-8H2,1H3,(H2,19,22)/t10-,14-,17-/m1/s1. The minimum Gasteiger partial charge on any atom is -0.379 e. The number of aromatic nitrogens is 2. The maximum absolute atomic E-state index is 14.8. The zero-order chi connectivity index (χ0) is 16.7. The van der Waals surface area contributed by atoms with E-state index in [1.54, 1.807) is 18.5 Å². The Balaban J connectivity index is 1.87. The molecule has 7 heteroatoms. The van der Waals surface area contributed by atoms with E-state index >= 15 is 0 Å². The first-order valence-electron chi connectivity index (χ1n) is 7.75. The molecule has 0 unspecified atom stereocenters. The van der Waals surface area contributed by atoms with Crippen LogP contribution in [0.2, 0.25) is 0 Å². The van der Waals surface area contributed by atoms with Gasteiger partial charge in [-0.25, -0.2) is 19.4 Å². The molecule has 4 rings (SSSR count). The van der Waals surface area contributed by atoms with E-state index < -0.39 is 5.54 Å². The molecule has 0 saturated carbocycles. The van der Waals surface area contributed by atoms with Crippen LogP contribution in [0.1, 0.15) is 12.5 Å². The van der Waals surface area contributed by atoms with Gasteiger partial charge in [0.2, 0.25) is 0 Å². The van der Waals surface area contributed by atoms with Crippen LogP contribution in [0.5, 0.6) is 0 Å². The molecule has 0 aliphatic carbocycles. The summed E-state index contributed by atoms with van der Waals surface area (Å²) in [5, 5.41) is 0.483. The Morgan fingerprint density at radius 3 is 2.88 bits per heavy atom. The van der Waals surface area contributed by atoms with Crippen molar-refractivity contribution in [2.24, 2.45) is 16.6 Å². The van der Waals surface area contributed by atoms with E-state index in [1.807, 2.05) is 13.0 Å². The molecule has 2 aromatic rings. The fourth-order valence-electron chi connectivity index (χ4n) is 3.49. The summed E-state index contributed by atoms with van der Waals surface area (Å²) in [6, 6.07) is 5.03. The maximum atomic E-state index is 14.8. The maximum Gasteiger partial charge on any atom is 0.154 e. The predicted molar refractivity (Wildman–Crippen MR) is 92.1 cm³/mol. The van der Waals surface area contributed by atoms with E-state index in [2.05, 4.69) is 15.0 Å². The van der Waals surface area contributed by atoms with Gasteiger partial charge in [-0.2, -0.15) is 0 Å². The van der Waals surface area contributed by atoms with Crippen LogP contribution in [0.15, 0.2) is 41.9 Å². The van der Waals surface area contributed by atoms with E-state index in [0.29, 0.717) is 17.3 Å². The number of ether oxygens (including phenoxy) is 1. The van der Waals surface area contributed by atoms with Crippen molar-refractivity contribution >= 4 is 16.9 Å². The third-order valence-corrected chi connectivity index (χ3v) is 5.71. The molecule has 1 fully saturated rings. The zero-order valence-corrected chi connectivity index (χ0v) is 14.0. The van der Waals surface area contributed by atoms with Crippen molar-refractivity contribution in [3.8, 4) is 11.1 Å². The quantitative estimate of drug-likeness (QED) is 0.906. The Morgan fingerprint density at radius 2 is 2.08 bits per heavy atom. The molecule has 1 saturated heterocycles. The van der Waals surface area contributed by atoms with Gasteiger partial charge >= 0.3 is 0 Å². The highest BCUT2D eigenvalue weighted by atomic mass is 32.2. The number of hydrogen-bond donors (Lipinski definition) is 1. The highest BCUT2D eigenvalue weighted by Gasteiger charge is 2.52. The highest BCUT2D eigenvalue weighted by Crippen LogP contribution is 2.48. The number of nitrogens with two attached hydrogens (primary N) is 1. The lowest BCUT2D eigenvalue weighted by atomic mass is 9.78. The number of nitrogens with zero attached hydrogens (tertiary/aromatic N) is 3. The van der Waals surface area contributed by atoms with E-state index in [-0.39, 0.29) is 17.8 Å². The van der Waals surface area contributed by atoms with Crippen LogP contribution in [0.4, 0.5) is 4.39 Å². The molecule has 5 nitrogen and oxygen atoms in total. The average Bonchev–Trinajstić information content (AvgIpc) is 2.93. The molecule has 1 aromatic carbocycles. The van der Waals surface area contributed by atoms with Crippen molar-refractivity contribution in [3.05, 3.63) is 48.3 Å². The van der Waals surface area contributed by atoms with Crippen molar-refractivity contribution in [3.63, 3.8) is 0 Å². The van der Waals surface area contributed by atoms with E-state index in [1.165, 1.54) is 24.2 Å². The minimum absolute atomic E-state index is 0.0115. The highest BCUT2D eigenvalue weighted by molar-refractivity contribution is 8.13. The summed E-state index contributed by atoms with van der Waals surface area (Å²) in [4.78, 5) is 12.7. The van der Waals surface area contributed by atoms with Crippen LogP contribution in [-0.2, 0) is 10.3 Å². The Bertz CT molecular complexity index is 800.